The van der Waals surface area contributed by atoms with E-state index in [-0.39, 0.29) is 11.2 Å². The van der Waals surface area contributed by atoms with Gasteiger partial charge in [0.1, 0.15) is 0 Å². The van der Waals surface area contributed by atoms with E-state index in [4.69, 9.17) is 4.74 Å². The summed E-state index contributed by atoms with van der Waals surface area (Å²) in [7, 11) is 0. The summed E-state index contributed by atoms with van der Waals surface area (Å²) in [6.07, 6.45) is 0.815. The molecule has 2 nitrogen and oxygen atoms in total. The lowest BCUT2D eigenvalue weighted by Gasteiger charge is -2.22. The van der Waals surface area contributed by atoms with Gasteiger partial charge in [0.05, 0.1) is 6.61 Å². The Balaban J connectivity index is 3.28. The second-order valence-electron chi connectivity index (χ2n) is 5.02. The fourth-order valence-corrected chi connectivity index (χ4v) is 1.63. The molecule has 0 fully saturated rings. The van der Waals surface area contributed by atoms with E-state index in [0.717, 1.165) is 12.0 Å². The first kappa shape index (κ1) is 12.9. The van der Waals surface area contributed by atoms with Gasteiger partial charge in [-0.3, -0.25) is 0 Å². The molecular formula is C14H22O2. The molecular weight excluding hydrogens is 200 g/mol. The Bertz CT molecular complexity index is 362. The SMILES string of the molecule is CCOc1cc(C(C)(C)C)cc(CC)c1O. The molecule has 0 saturated heterocycles. The van der Waals surface area contributed by atoms with E-state index in [0.29, 0.717) is 12.4 Å². The van der Waals surface area contributed by atoms with Crippen molar-refractivity contribution < 1.29 is 9.84 Å². The van der Waals surface area contributed by atoms with E-state index < -0.39 is 0 Å². The molecule has 2 heteroatoms. The quantitative estimate of drug-likeness (QED) is 0.845. The van der Waals surface area contributed by atoms with E-state index in [1.54, 1.807) is 0 Å². The van der Waals surface area contributed by atoms with Crippen LogP contribution in [0, 0.1) is 0 Å². The average Bonchev–Trinajstić information content (AvgIpc) is 2.19. The van der Waals surface area contributed by atoms with Gasteiger partial charge in [0.25, 0.3) is 0 Å². The van der Waals surface area contributed by atoms with Gasteiger partial charge < -0.3 is 9.84 Å². The predicted octanol–water partition coefficient (Wildman–Crippen LogP) is 3.65. The zero-order chi connectivity index (χ0) is 12.3. The molecule has 0 radical (unpaired) electrons. The summed E-state index contributed by atoms with van der Waals surface area (Å²) in [6.45, 7) is 11.0. The van der Waals surface area contributed by atoms with Gasteiger partial charge in [-0.05, 0) is 36.0 Å². The lowest BCUT2D eigenvalue weighted by atomic mass is 9.85. The molecule has 0 heterocycles. The molecule has 0 unspecified atom stereocenters. The number of aromatic hydroxyl groups is 1. The third-order valence-electron chi connectivity index (χ3n) is 2.70. The van der Waals surface area contributed by atoms with Gasteiger partial charge in [-0.15, -0.1) is 0 Å². The van der Waals surface area contributed by atoms with Gasteiger partial charge in [-0.2, -0.15) is 0 Å². The lowest BCUT2D eigenvalue weighted by molar-refractivity contribution is 0.315. The Labute approximate surface area is 98.3 Å². The number of phenols is 1. The van der Waals surface area contributed by atoms with Crippen molar-refractivity contribution in [2.24, 2.45) is 0 Å². The first-order valence-electron chi connectivity index (χ1n) is 5.89. The highest BCUT2D eigenvalue weighted by atomic mass is 16.5. The van der Waals surface area contributed by atoms with Crippen LogP contribution in [0.4, 0.5) is 0 Å². The highest BCUT2D eigenvalue weighted by Gasteiger charge is 2.18. The van der Waals surface area contributed by atoms with Crippen LogP contribution in [0.1, 0.15) is 45.7 Å². The van der Waals surface area contributed by atoms with Crippen LogP contribution in [0.3, 0.4) is 0 Å². The smallest absolute Gasteiger partial charge is 0.161 e. The number of aryl methyl sites for hydroxylation is 1. The second kappa shape index (κ2) is 4.77. The van der Waals surface area contributed by atoms with Crippen molar-refractivity contribution in [1.29, 1.82) is 0 Å². The molecule has 0 aromatic heterocycles. The summed E-state index contributed by atoms with van der Waals surface area (Å²) in [5.41, 5.74) is 2.23. The molecule has 1 N–H and O–H groups in total. The van der Waals surface area contributed by atoms with E-state index in [1.165, 1.54) is 5.56 Å². The van der Waals surface area contributed by atoms with Gasteiger partial charge in [-0.1, -0.05) is 33.8 Å². The summed E-state index contributed by atoms with van der Waals surface area (Å²) in [4.78, 5) is 0. The molecule has 0 bridgehead atoms. The van der Waals surface area contributed by atoms with E-state index in [9.17, 15) is 5.11 Å². The Morgan fingerprint density at radius 3 is 2.25 bits per heavy atom. The van der Waals surface area contributed by atoms with Gasteiger partial charge in [0, 0.05) is 0 Å². The predicted molar refractivity (Wildman–Crippen MR) is 67.4 cm³/mol. The van der Waals surface area contributed by atoms with Crippen LogP contribution in [0.5, 0.6) is 11.5 Å². The van der Waals surface area contributed by atoms with Crippen LogP contribution in [0.15, 0.2) is 12.1 Å². The summed E-state index contributed by atoms with van der Waals surface area (Å²) in [5.74, 6) is 0.893. The molecule has 0 amide bonds. The maximum absolute atomic E-state index is 9.99. The van der Waals surface area contributed by atoms with Crippen LogP contribution in [-0.4, -0.2) is 11.7 Å². The summed E-state index contributed by atoms with van der Waals surface area (Å²) >= 11 is 0. The Kier molecular flexibility index (Phi) is 3.84. The third-order valence-corrected chi connectivity index (χ3v) is 2.70. The lowest BCUT2D eigenvalue weighted by Crippen LogP contribution is -2.12. The van der Waals surface area contributed by atoms with Crippen LogP contribution in [-0.2, 0) is 11.8 Å². The second-order valence-corrected chi connectivity index (χ2v) is 5.02. The Morgan fingerprint density at radius 1 is 1.19 bits per heavy atom. The van der Waals surface area contributed by atoms with E-state index in [1.807, 2.05) is 19.9 Å². The minimum absolute atomic E-state index is 0.0729. The molecule has 90 valence electrons. The monoisotopic (exact) mass is 222 g/mol. The molecule has 1 aromatic rings. The van der Waals surface area contributed by atoms with Gasteiger partial charge in [0.15, 0.2) is 11.5 Å². The van der Waals surface area contributed by atoms with E-state index >= 15 is 0 Å². The van der Waals surface area contributed by atoms with Crippen LogP contribution in [0.2, 0.25) is 0 Å². The molecule has 1 aromatic carbocycles. The average molecular weight is 222 g/mol. The van der Waals surface area contributed by atoms with Crippen LogP contribution in [0.25, 0.3) is 0 Å². The largest absolute Gasteiger partial charge is 0.504 e. The molecule has 0 saturated carbocycles. The zero-order valence-electron chi connectivity index (χ0n) is 10.9. The maximum Gasteiger partial charge on any atom is 0.161 e. The normalized spacial score (nSPS) is 11.6. The van der Waals surface area contributed by atoms with Gasteiger partial charge >= 0.3 is 0 Å². The fraction of sp³-hybridized carbons (Fsp3) is 0.571. The zero-order valence-corrected chi connectivity index (χ0v) is 10.9. The number of rotatable bonds is 3. The van der Waals surface area contributed by atoms with Crippen molar-refractivity contribution in [3.05, 3.63) is 23.3 Å². The summed E-state index contributed by atoms with van der Waals surface area (Å²) in [5, 5.41) is 9.99. The molecule has 1 rings (SSSR count). The maximum atomic E-state index is 9.99. The fourth-order valence-electron chi connectivity index (χ4n) is 1.63. The number of hydrogen-bond donors (Lipinski definition) is 1. The minimum atomic E-state index is 0.0729. The van der Waals surface area contributed by atoms with Crippen LogP contribution >= 0.6 is 0 Å². The van der Waals surface area contributed by atoms with Crippen molar-refractivity contribution in [3.8, 4) is 11.5 Å². The first-order valence-corrected chi connectivity index (χ1v) is 5.89. The van der Waals surface area contributed by atoms with Gasteiger partial charge in [0.2, 0.25) is 0 Å². The van der Waals surface area contributed by atoms with Crippen molar-refractivity contribution in [1.82, 2.24) is 0 Å². The van der Waals surface area contributed by atoms with Crippen LogP contribution < -0.4 is 4.74 Å². The number of benzene rings is 1. The number of phenolic OH excluding ortho intramolecular Hbond substituents is 1. The third kappa shape index (κ3) is 2.69. The van der Waals surface area contributed by atoms with Crippen molar-refractivity contribution >= 4 is 0 Å². The number of ether oxygens (including phenoxy) is 1. The highest BCUT2D eigenvalue weighted by molar-refractivity contribution is 5.50. The topological polar surface area (TPSA) is 29.5 Å². The summed E-state index contributed by atoms with van der Waals surface area (Å²) in [6, 6.07) is 4.01. The molecule has 0 atom stereocenters. The molecule has 0 spiro atoms. The van der Waals surface area contributed by atoms with Crippen molar-refractivity contribution in [2.75, 3.05) is 6.61 Å². The highest BCUT2D eigenvalue weighted by Crippen LogP contribution is 2.36. The van der Waals surface area contributed by atoms with Gasteiger partial charge in [-0.25, -0.2) is 0 Å². The Morgan fingerprint density at radius 2 is 1.81 bits per heavy atom. The Hall–Kier alpha value is -1.18. The molecule has 16 heavy (non-hydrogen) atoms. The first-order chi connectivity index (χ1) is 7.40. The number of hydrogen-bond acceptors (Lipinski definition) is 2. The molecule has 0 aliphatic heterocycles. The molecule has 0 aliphatic carbocycles. The molecule has 0 aliphatic rings. The summed E-state index contributed by atoms with van der Waals surface area (Å²) < 4.78 is 5.46. The minimum Gasteiger partial charge on any atom is -0.504 e. The standard InChI is InChI=1S/C14H22O2/c1-6-10-8-11(14(3,4)5)9-12(13(10)15)16-7-2/h8-9,15H,6-7H2,1-5H3. The van der Waals surface area contributed by atoms with Crippen molar-refractivity contribution in [2.45, 2.75) is 46.5 Å². The van der Waals surface area contributed by atoms with E-state index in [2.05, 4.69) is 26.8 Å². The van der Waals surface area contributed by atoms with Crippen molar-refractivity contribution in [3.63, 3.8) is 0 Å².